The number of anilines is 1. The van der Waals surface area contributed by atoms with E-state index in [-0.39, 0.29) is 0 Å². The van der Waals surface area contributed by atoms with Crippen LogP contribution < -0.4 is 10.1 Å². The molecule has 0 atom stereocenters. The fourth-order valence-corrected chi connectivity index (χ4v) is 2.40. The molecule has 2 rings (SSSR count). The van der Waals surface area contributed by atoms with Crippen molar-refractivity contribution >= 4 is 28.9 Å². The van der Waals surface area contributed by atoms with E-state index in [0.717, 1.165) is 30.0 Å². The lowest BCUT2D eigenvalue weighted by molar-refractivity contribution is 0.317. The van der Waals surface area contributed by atoms with Gasteiger partial charge in [0, 0.05) is 28.3 Å². The van der Waals surface area contributed by atoms with Crippen LogP contribution in [-0.4, -0.2) is 6.61 Å². The van der Waals surface area contributed by atoms with Crippen LogP contribution in [-0.2, 0) is 6.54 Å². The molecule has 4 heteroatoms. The van der Waals surface area contributed by atoms with E-state index in [4.69, 9.17) is 27.9 Å². The average Bonchev–Trinajstić information content (AvgIpc) is 2.42. The molecule has 0 amide bonds. The van der Waals surface area contributed by atoms with Gasteiger partial charge in [0.05, 0.1) is 6.61 Å². The summed E-state index contributed by atoms with van der Waals surface area (Å²) in [6.07, 6.45) is 0.999. The van der Waals surface area contributed by atoms with Crippen LogP contribution in [0.25, 0.3) is 0 Å². The Morgan fingerprint density at radius 3 is 2.50 bits per heavy atom. The average molecular weight is 310 g/mol. The maximum atomic E-state index is 5.98. The van der Waals surface area contributed by atoms with Gasteiger partial charge in [-0.25, -0.2) is 0 Å². The molecule has 106 valence electrons. The molecule has 0 saturated carbocycles. The Balaban J connectivity index is 1.99. The molecule has 0 unspecified atom stereocenters. The van der Waals surface area contributed by atoms with Crippen molar-refractivity contribution in [1.82, 2.24) is 0 Å². The SMILES string of the molecule is CCCOc1cccc(NCc2cc(Cl)cc(Cl)c2)c1. The zero-order chi connectivity index (χ0) is 14.4. The minimum absolute atomic E-state index is 0.648. The van der Waals surface area contributed by atoms with Crippen molar-refractivity contribution in [3.05, 3.63) is 58.1 Å². The zero-order valence-electron chi connectivity index (χ0n) is 11.3. The highest BCUT2D eigenvalue weighted by Gasteiger charge is 2.00. The van der Waals surface area contributed by atoms with Gasteiger partial charge in [-0.2, -0.15) is 0 Å². The van der Waals surface area contributed by atoms with E-state index in [0.29, 0.717) is 16.6 Å². The van der Waals surface area contributed by atoms with E-state index in [1.165, 1.54) is 0 Å². The van der Waals surface area contributed by atoms with Gasteiger partial charge in [0.1, 0.15) is 5.75 Å². The van der Waals surface area contributed by atoms with E-state index in [1.807, 2.05) is 36.4 Å². The lowest BCUT2D eigenvalue weighted by Gasteiger charge is -2.10. The van der Waals surface area contributed by atoms with E-state index >= 15 is 0 Å². The van der Waals surface area contributed by atoms with Gasteiger partial charge >= 0.3 is 0 Å². The first kappa shape index (κ1) is 15.0. The summed E-state index contributed by atoms with van der Waals surface area (Å²) in [4.78, 5) is 0. The van der Waals surface area contributed by atoms with Gasteiger partial charge < -0.3 is 10.1 Å². The van der Waals surface area contributed by atoms with Crippen molar-refractivity contribution in [1.29, 1.82) is 0 Å². The molecule has 0 fully saturated rings. The Kier molecular flexibility index (Phi) is 5.57. The molecular formula is C16H17Cl2NO. The molecular weight excluding hydrogens is 293 g/mol. The van der Waals surface area contributed by atoms with Crippen molar-refractivity contribution in [2.75, 3.05) is 11.9 Å². The summed E-state index contributed by atoms with van der Waals surface area (Å²) in [6.45, 7) is 3.48. The van der Waals surface area contributed by atoms with Gasteiger partial charge in [0.25, 0.3) is 0 Å². The molecule has 0 bridgehead atoms. The van der Waals surface area contributed by atoms with Crippen molar-refractivity contribution in [2.24, 2.45) is 0 Å². The lowest BCUT2D eigenvalue weighted by atomic mass is 10.2. The molecule has 0 aromatic heterocycles. The molecule has 20 heavy (non-hydrogen) atoms. The predicted octanol–water partition coefficient (Wildman–Crippen LogP) is 5.39. The molecule has 1 N–H and O–H groups in total. The summed E-state index contributed by atoms with van der Waals surface area (Å²) in [6, 6.07) is 13.4. The molecule has 0 aliphatic heterocycles. The standard InChI is InChI=1S/C16H17Cl2NO/c1-2-6-20-16-5-3-4-15(10-16)19-11-12-7-13(17)9-14(18)8-12/h3-5,7-10,19H,2,6,11H2,1H3. The van der Waals surface area contributed by atoms with Gasteiger partial charge in [-0.05, 0) is 42.3 Å². The van der Waals surface area contributed by atoms with Crippen LogP contribution in [0.15, 0.2) is 42.5 Å². The summed E-state index contributed by atoms with van der Waals surface area (Å²) in [5.41, 5.74) is 2.05. The Morgan fingerprint density at radius 1 is 1.05 bits per heavy atom. The fourth-order valence-electron chi connectivity index (χ4n) is 1.83. The molecule has 0 heterocycles. The molecule has 2 nitrogen and oxygen atoms in total. The van der Waals surface area contributed by atoms with Crippen molar-refractivity contribution in [2.45, 2.75) is 19.9 Å². The number of hydrogen-bond acceptors (Lipinski definition) is 2. The van der Waals surface area contributed by atoms with Crippen LogP contribution in [0, 0.1) is 0 Å². The Hall–Kier alpha value is -1.38. The summed E-state index contributed by atoms with van der Waals surface area (Å²) in [5.74, 6) is 0.876. The van der Waals surface area contributed by atoms with Gasteiger partial charge in [-0.1, -0.05) is 36.2 Å². The van der Waals surface area contributed by atoms with Crippen LogP contribution in [0.5, 0.6) is 5.75 Å². The third-order valence-corrected chi connectivity index (χ3v) is 3.16. The molecule has 0 spiro atoms. The first-order valence-electron chi connectivity index (χ1n) is 6.59. The topological polar surface area (TPSA) is 21.3 Å². The van der Waals surface area contributed by atoms with E-state index in [1.54, 1.807) is 6.07 Å². The highest BCUT2D eigenvalue weighted by molar-refractivity contribution is 6.34. The number of benzene rings is 2. The monoisotopic (exact) mass is 309 g/mol. The highest BCUT2D eigenvalue weighted by atomic mass is 35.5. The van der Waals surface area contributed by atoms with E-state index in [2.05, 4.69) is 12.2 Å². The minimum Gasteiger partial charge on any atom is -0.494 e. The van der Waals surface area contributed by atoms with Crippen LogP contribution in [0.1, 0.15) is 18.9 Å². The van der Waals surface area contributed by atoms with Gasteiger partial charge in [-0.3, -0.25) is 0 Å². The van der Waals surface area contributed by atoms with Gasteiger partial charge in [-0.15, -0.1) is 0 Å². The molecule has 2 aromatic rings. The van der Waals surface area contributed by atoms with Crippen LogP contribution in [0.4, 0.5) is 5.69 Å². The third kappa shape index (κ3) is 4.62. The van der Waals surface area contributed by atoms with Crippen LogP contribution >= 0.6 is 23.2 Å². The maximum absolute atomic E-state index is 5.98. The number of hydrogen-bond donors (Lipinski definition) is 1. The first-order chi connectivity index (χ1) is 9.67. The summed E-state index contributed by atoms with van der Waals surface area (Å²) in [5, 5.41) is 4.63. The second kappa shape index (κ2) is 7.41. The molecule has 0 aliphatic rings. The van der Waals surface area contributed by atoms with Crippen LogP contribution in [0.2, 0.25) is 10.0 Å². The van der Waals surface area contributed by atoms with Gasteiger partial charge in [0.15, 0.2) is 0 Å². The highest BCUT2D eigenvalue weighted by Crippen LogP contribution is 2.21. The first-order valence-corrected chi connectivity index (χ1v) is 7.34. The van der Waals surface area contributed by atoms with E-state index < -0.39 is 0 Å². The molecule has 2 aromatic carbocycles. The number of rotatable bonds is 6. The third-order valence-electron chi connectivity index (χ3n) is 2.73. The maximum Gasteiger partial charge on any atom is 0.121 e. The smallest absolute Gasteiger partial charge is 0.121 e. The summed E-state index contributed by atoms with van der Waals surface area (Å²) < 4.78 is 5.60. The second-order valence-electron chi connectivity index (χ2n) is 4.51. The lowest BCUT2D eigenvalue weighted by Crippen LogP contribution is -2.00. The predicted molar refractivity (Wildman–Crippen MR) is 86.0 cm³/mol. The minimum atomic E-state index is 0.648. The van der Waals surface area contributed by atoms with Crippen molar-refractivity contribution in [3.63, 3.8) is 0 Å². The van der Waals surface area contributed by atoms with Crippen LogP contribution in [0.3, 0.4) is 0 Å². The van der Waals surface area contributed by atoms with Gasteiger partial charge in [0.2, 0.25) is 0 Å². The number of nitrogens with one attached hydrogen (secondary N) is 1. The quantitative estimate of drug-likeness (QED) is 0.772. The molecule has 0 radical (unpaired) electrons. The number of halogens is 2. The largest absolute Gasteiger partial charge is 0.494 e. The summed E-state index contributed by atoms with van der Waals surface area (Å²) in [7, 11) is 0. The number of ether oxygens (including phenoxy) is 1. The van der Waals surface area contributed by atoms with E-state index in [9.17, 15) is 0 Å². The Morgan fingerprint density at radius 2 is 1.80 bits per heavy atom. The second-order valence-corrected chi connectivity index (χ2v) is 5.38. The zero-order valence-corrected chi connectivity index (χ0v) is 12.8. The van der Waals surface area contributed by atoms with Crippen molar-refractivity contribution < 1.29 is 4.74 Å². The molecule has 0 aliphatic carbocycles. The Bertz CT molecular complexity index is 552. The van der Waals surface area contributed by atoms with Crippen molar-refractivity contribution in [3.8, 4) is 5.75 Å². The summed E-state index contributed by atoms with van der Waals surface area (Å²) >= 11 is 12.0. The fraction of sp³-hybridized carbons (Fsp3) is 0.250. The normalized spacial score (nSPS) is 10.3. The Labute approximate surface area is 129 Å². The molecule has 0 saturated heterocycles.